The van der Waals surface area contributed by atoms with Gasteiger partial charge in [-0.15, -0.1) is 6.58 Å². The van der Waals surface area contributed by atoms with Gasteiger partial charge >= 0.3 is 0 Å². The van der Waals surface area contributed by atoms with Gasteiger partial charge in [-0.1, -0.05) is 6.08 Å². The van der Waals surface area contributed by atoms with Crippen LogP contribution >= 0.6 is 0 Å². The highest BCUT2D eigenvalue weighted by Gasteiger charge is 2.03. The van der Waals surface area contributed by atoms with Gasteiger partial charge in [0.05, 0.1) is 6.10 Å². The molecule has 0 bridgehead atoms. The highest BCUT2D eigenvalue weighted by molar-refractivity contribution is 4.70. The Hall–Kier alpha value is -0.340. The normalized spacial score (nSPS) is 15.9. The minimum Gasteiger partial charge on any atom is -0.393 e. The third-order valence-corrected chi connectivity index (χ3v) is 1.54. The van der Waals surface area contributed by atoms with Gasteiger partial charge in [0.15, 0.2) is 0 Å². The molecule has 11 heavy (non-hydrogen) atoms. The van der Waals surface area contributed by atoms with Crippen molar-refractivity contribution in [2.45, 2.75) is 38.8 Å². The van der Waals surface area contributed by atoms with E-state index in [1.54, 1.807) is 0 Å². The summed E-state index contributed by atoms with van der Waals surface area (Å²) in [5, 5.41) is 12.3. The molecule has 0 rings (SSSR count). The largest absolute Gasteiger partial charge is 0.393 e. The molecular weight excluding hydrogens is 138 g/mol. The summed E-state index contributed by atoms with van der Waals surface area (Å²) in [5.41, 5.74) is 0. The van der Waals surface area contributed by atoms with Crippen molar-refractivity contribution in [1.82, 2.24) is 5.32 Å². The molecule has 0 aromatic rings. The van der Waals surface area contributed by atoms with E-state index in [1.807, 2.05) is 13.0 Å². The summed E-state index contributed by atoms with van der Waals surface area (Å²) in [6.07, 6.45) is 3.49. The molecule has 0 saturated carbocycles. The van der Waals surface area contributed by atoms with Crippen molar-refractivity contribution in [2.24, 2.45) is 0 Å². The maximum Gasteiger partial charge on any atom is 0.0526 e. The quantitative estimate of drug-likeness (QED) is 0.450. The van der Waals surface area contributed by atoms with Gasteiger partial charge in [0.1, 0.15) is 0 Å². The van der Waals surface area contributed by atoms with Crippen molar-refractivity contribution in [2.75, 3.05) is 6.54 Å². The lowest BCUT2D eigenvalue weighted by Gasteiger charge is -2.14. The molecule has 0 aliphatic rings. The molecule has 0 spiro atoms. The number of rotatable bonds is 6. The Morgan fingerprint density at radius 3 is 2.64 bits per heavy atom. The zero-order valence-corrected chi connectivity index (χ0v) is 7.51. The second-order valence-corrected chi connectivity index (χ2v) is 3.02. The van der Waals surface area contributed by atoms with E-state index in [2.05, 4.69) is 18.8 Å². The minimum absolute atomic E-state index is 0.207. The van der Waals surface area contributed by atoms with Crippen molar-refractivity contribution in [3.8, 4) is 0 Å². The summed E-state index contributed by atoms with van der Waals surface area (Å²) in [6, 6.07) is 0.398. The van der Waals surface area contributed by atoms with Gasteiger partial charge in [-0.2, -0.15) is 0 Å². The van der Waals surface area contributed by atoms with Crippen LogP contribution in [0.5, 0.6) is 0 Å². The van der Waals surface area contributed by atoms with Crippen LogP contribution < -0.4 is 5.32 Å². The first-order chi connectivity index (χ1) is 5.16. The molecule has 0 aromatic carbocycles. The van der Waals surface area contributed by atoms with Crippen LogP contribution in [0.4, 0.5) is 0 Å². The van der Waals surface area contributed by atoms with Crippen LogP contribution in [0, 0.1) is 0 Å². The van der Waals surface area contributed by atoms with E-state index in [0.29, 0.717) is 6.04 Å². The van der Waals surface area contributed by atoms with Gasteiger partial charge in [0.2, 0.25) is 0 Å². The smallest absolute Gasteiger partial charge is 0.0526 e. The van der Waals surface area contributed by atoms with E-state index in [1.165, 1.54) is 0 Å². The summed E-state index contributed by atoms with van der Waals surface area (Å²) < 4.78 is 0. The zero-order chi connectivity index (χ0) is 8.69. The van der Waals surface area contributed by atoms with Gasteiger partial charge in [0, 0.05) is 6.04 Å². The Labute approximate surface area is 69.3 Å². The van der Waals surface area contributed by atoms with Crippen LogP contribution in [0.25, 0.3) is 0 Å². The van der Waals surface area contributed by atoms with Gasteiger partial charge in [-0.25, -0.2) is 0 Å². The van der Waals surface area contributed by atoms with Crippen LogP contribution in [-0.2, 0) is 0 Å². The van der Waals surface area contributed by atoms with E-state index in [4.69, 9.17) is 5.11 Å². The SMILES string of the molecule is C=CCCNC(C)CC(C)O. The van der Waals surface area contributed by atoms with Crippen molar-refractivity contribution in [3.05, 3.63) is 12.7 Å². The molecule has 0 saturated heterocycles. The fraction of sp³-hybridized carbons (Fsp3) is 0.778. The van der Waals surface area contributed by atoms with E-state index in [9.17, 15) is 0 Å². The molecule has 0 amide bonds. The molecule has 2 heteroatoms. The van der Waals surface area contributed by atoms with E-state index >= 15 is 0 Å². The van der Waals surface area contributed by atoms with Crippen LogP contribution in [0.2, 0.25) is 0 Å². The molecule has 0 aromatic heterocycles. The van der Waals surface area contributed by atoms with Gasteiger partial charge in [0.25, 0.3) is 0 Å². The third-order valence-electron chi connectivity index (χ3n) is 1.54. The fourth-order valence-corrected chi connectivity index (χ4v) is 1.03. The van der Waals surface area contributed by atoms with Crippen molar-refractivity contribution >= 4 is 0 Å². The fourth-order valence-electron chi connectivity index (χ4n) is 1.03. The molecule has 0 heterocycles. The topological polar surface area (TPSA) is 32.3 Å². The van der Waals surface area contributed by atoms with E-state index in [0.717, 1.165) is 19.4 Å². The van der Waals surface area contributed by atoms with Crippen molar-refractivity contribution in [3.63, 3.8) is 0 Å². The lowest BCUT2D eigenvalue weighted by molar-refractivity contribution is 0.171. The molecule has 66 valence electrons. The molecule has 0 fully saturated rings. The van der Waals surface area contributed by atoms with Gasteiger partial charge in [-0.05, 0) is 33.2 Å². The first-order valence-electron chi connectivity index (χ1n) is 4.19. The summed E-state index contributed by atoms with van der Waals surface area (Å²) in [5.74, 6) is 0. The summed E-state index contributed by atoms with van der Waals surface area (Å²) >= 11 is 0. The highest BCUT2D eigenvalue weighted by atomic mass is 16.3. The predicted octanol–water partition coefficient (Wildman–Crippen LogP) is 1.31. The first-order valence-corrected chi connectivity index (χ1v) is 4.19. The number of aliphatic hydroxyl groups is 1. The van der Waals surface area contributed by atoms with Crippen LogP contribution in [0.3, 0.4) is 0 Å². The summed E-state index contributed by atoms with van der Waals surface area (Å²) in [6.45, 7) is 8.48. The van der Waals surface area contributed by atoms with E-state index in [-0.39, 0.29) is 6.10 Å². The van der Waals surface area contributed by atoms with E-state index < -0.39 is 0 Å². The highest BCUT2D eigenvalue weighted by Crippen LogP contribution is 1.95. The molecule has 2 N–H and O–H groups in total. The minimum atomic E-state index is -0.207. The molecule has 0 radical (unpaired) electrons. The Kier molecular flexibility index (Phi) is 6.18. The second kappa shape index (κ2) is 6.38. The maximum atomic E-state index is 9.02. The Balaban J connectivity index is 3.21. The monoisotopic (exact) mass is 157 g/mol. The number of aliphatic hydroxyl groups excluding tert-OH is 1. The Morgan fingerprint density at radius 2 is 2.18 bits per heavy atom. The van der Waals surface area contributed by atoms with Crippen molar-refractivity contribution < 1.29 is 5.11 Å². The van der Waals surface area contributed by atoms with Gasteiger partial charge in [-0.3, -0.25) is 0 Å². The standard InChI is InChI=1S/C9H19NO/c1-4-5-6-10-8(2)7-9(3)11/h4,8-11H,1,5-7H2,2-3H3. The lowest BCUT2D eigenvalue weighted by Crippen LogP contribution is -2.29. The number of nitrogens with one attached hydrogen (secondary N) is 1. The molecular formula is C9H19NO. The number of hydrogen-bond donors (Lipinski definition) is 2. The molecule has 2 nitrogen and oxygen atoms in total. The molecule has 2 atom stereocenters. The summed E-state index contributed by atoms with van der Waals surface area (Å²) in [7, 11) is 0. The van der Waals surface area contributed by atoms with Crippen LogP contribution in [0.15, 0.2) is 12.7 Å². The van der Waals surface area contributed by atoms with Crippen molar-refractivity contribution in [1.29, 1.82) is 0 Å². The van der Waals surface area contributed by atoms with Gasteiger partial charge < -0.3 is 10.4 Å². The zero-order valence-electron chi connectivity index (χ0n) is 7.51. The second-order valence-electron chi connectivity index (χ2n) is 3.02. The number of hydrogen-bond acceptors (Lipinski definition) is 2. The molecule has 0 aliphatic heterocycles. The lowest BCUT2D eigenvalue weighted by atomic mass is 10.1. The Bertz CT molecular complexity index is 102. The third kappa shape index (κ3) is 7.56. The first kappa shape index (κ1) is 10.7. The maximum absolute atomic E-state index is 9.02. The van der Waals surface area contributed by atoms with Crippen LogP contribution in [0.1, 0.15) is 26.7 Å². The average molecular weight is 157 g/mol. The Morgan fingerprint density at radius 1 is 1.55 bits per heavy atom. The predicted molar refractivity (Wildman–Crippen MR) is 48.6 cm³/mol. The average Bonchev–Trinajstić information content (AvgIpc) is 1.86. The van der Waals surface area contributed by atoms with Crippen LogP contribution in [-0.4, -0.2) is 23.8 Å². The molecule has 0 aliphatic carbocycles. The molecule has 2 unspecified atom stereocenters. The summed E-state index contributed by atoms with van der Waals surface area (Å²) in [4.78, 5) is 0.